The molecule has 0 heterocycles. The number of rotatable bonds is 3. The Morgan fingerprint density at radius 3 is 2.69 bits per heavy atom. The quantitative estimate of drug-likeness (QED) is 0.800. The molecule has 72 valence electrons. The molecule has 0 spiro atoms. The molecular weight excluding hydrogens is 228 g/mol. The van der Waals surface area contributed by atoms with Gasteiger partial charge >= 0.3 is 0 Å². The van der Waals surface area contributed by atoms with Crippen LogP contribution in [0.15, 0.2) is 22.7 Å². The molecule has 0 amide bonds. The number of nitrogens with one attached hydrogen (secondary N) is 1. The maximum absolute atomic E-state index is 5.82. The third-order valence-corrected chi connectivity index (χ3v) is 2.21. The van der Waals surface area contributed by atoms with Crippen LogP contribution in [0.2, 0.25) is 0 Å². The van der Waals surface area contributed by atoms with Gasteiger partial charge in [0.05, 0.1) is 11.4 Å². The molecular formula is C10H15BrN2. The summed E-state index contributed by atoms with van der Waals surface area (Å²) >= 11 is 3.37. The lowest BCUT2D eigenvalue weighted by molar-refractivity contribution is 0.689. The van der Waals surface area contributed by atoms with E-state index in [0.29, 0.717) is 5.92 Å². The van der Waals surface area contributed by atoms with E-state index in [-0.39, 0.29) is 0 Å². The van der Waals surface area contributed by atoms with Gasteiger partial charge in [-0.2, -0.15) is 0 Å². The third kappa shape index (κ3) is 3.27. The van der Waals surface area contributed by atoms with Crippen molar-refractivity contribution in [2.24, 2.45) is 5.92 Å². The monoisotopic (exact) mass is 242 g/mol. The van der Waals surface area contributed by atoms with Crippen LogP contribution in [-0.2, 0) is 0 Å². The van der Waals surface area contributed by atoms with Crippen LogP contribution in [0, 0.1) is 5.92 Å². The number of benzene rings is 1. The molecule has 0 atom stereocenters. The highest BCUT2D eigenvalue weighted by Gasteiger charge is 1.99. The van der Waals surface area contributed by atoms with E-state index in [9.17, 15) is 0 Å². The Labute approximate surface area is 87.6 Å². The fourth-order valence-electron chi connectivity index (χ4n) is 1.01. The molecule has 2 nitrogen and oxygen atoms in total. The van der Waals surface area contributed by atoms with Gasteiger partial charge in [-0.1, -0.05) is 29.8 Å². The van der Waals surface area contributed by atoms with Crippen LogP contribution in [0.5, 0.6) is 0 Å². The van der Waals surface area contributed by atoms with Gasteiger partial charge in [0.15, 0.2) is 0 Å². The lowest BCUT2D eigenvalue weighted by atomic mass is 10.2. The van der Waals surface area contributed by atoms with E-state index in [0.717, 1.165) is 22.4 Å². The van der Waals surface area contributed by atoms with E-state index in [2.05, 4.69) is 35.1 Å². The average molecular weight is 243 g/mol. The lowest BCUT2D eigenvalue weighted by Gasteiger charge is -2.11. The van der Waals surface area contributed by atoms with Crippen LogP contribution in [0.1, 0.15) is 13.8 Å². The molecule has 0 bridgehead atoms. The zero-order chi connectivity index (χ0) is 9.84. The van der Waals surface area contributed by atoms with Gasteiger partial charge in [0.1, 0.15) is 0 Å². The van der Waals surface area contributed by atoms with E-state index in [1.165, 1.54) is 0 Å². The molecule has 0 aliphatic heterocycles. The smallest absolute Gasteiger partial charge is 0.0574 e. The predicted octanol–water partition coefficient (Wildman–Crippen LogP) is 3.10. The van der Waals surface area contributed by atoms with E-state index in [4.69, 9.17) is 5.73 Å². The van der Waals surface area contributed by atoms with E-state index < -0.39 is 0 Å². The zero-order valence-corrected chi connectivity index (χ0v) is 9.56. The molecule has 3 heteroatoms. The lowest BCUT2D eigenvalue weighted by Crippen LogP contribution is -2.09. The minimum Gasteiger partial charge on any atom is -0.397 e. The second kappa shape index (κ2) is 4.51. The van der Waals surface area contributed by atoms with Crippen LogP contribution < -0.4 is 11.1 Å². The first-order valence-corrected chi connectivity index (χ1v) is 5.18. The number of hydrogen-bond donors (Lipinski definition) is 2. The third-order valence-electron chi connectivity index (χ3n) is 1.71. The van der Waals surface area contributed by atoms with Crippen molar-refractivity contribution < 1.29 is 0 Å². The van der Waals surface area contributed by atoms with Crippen LogP contribution in [0.25, 0.3) is 0 Å². The van der Waals surface area contributed by atoms with Gasteiger partial charge in [0.25, 0.3) is 0 Å². The molecule has 13 heavy (non-hydrogen) atoms. The largest absolute Gasteiger partial charge is 0.397 e. The van der Waals surface area contributed by atoms with Gasteiger partial charge in [-0.3, -0.25) is 0 Å². The van der Waals surface area contributed by atoms with Gasteiger partial charge in [-0.25, -0.2) is 0 Å². The van der Waals surface area contributed by atoms with Gasteiger partial charge in [0.2, 0.25) is 0 Å². The molecule has 1 aromatic carbocycles. The Morgan fingerprint density at radius 1 is 1.46 bits per heavy atom. The highest BCUT2D eigenvalue weighted by molar-refractivity contribution is 9.10. The first kappa shape index (κ1) is 10.4. The summed E-state index contributed by atoms with van der Waals surface area (Å²) in [6.07, 6.45) is 0. The summed E-state index contributed by atoms with van der Waals surface area (Å²) in [6, 6.07) is 5.88. The number of nitrogen functional groups attached to an aromatic ring is 1. The number of nitrogens with two attached hydrogens (primary N) is 1. The van der Waals surface area contributed by atoms with Crippen molar-refractivity contribution in [1.29, 1.82) is 0 Å². The van der Waals surface area contributed by atoms with Gasteiger partial charge < -0.3 is 11.1 Å². The van der Waals surface area contributed by atoms with Crippen molar-refractivity contribution in [2.45, 2.75) is 13.8 Å². The number of anilines is 2. The van der Waals surface area contributed by atoms with Crippen molar-refractivity contribution >= 4 is 27.3 Å². The molecule has 0 aromatic heterocycles. The van der Waals surface area contributed by atoms with E-state index in [1.54, 1.807) is 0 Å². The van der Waals surface area contributed by atoms with Crippen LogP contribution >= 0.6 is 15.9 Å². The Kier molecular flexibility index (Phi) is 3.60. The van der Waals surface area contributed by atoms with Gasteiger partial charge in [0, 0.05) is 11.0 Å². The van der Waals surface area contributed by atoms with Crippen molar-refractivity contribution in [3.05, 3.63) is 22.7 Å². The molecule has 0 aliphatic carbocycles. The second-order valence-corrected chi connectivity index (χ2v) is 4.42. The van der Waals surface area contributed by atoms with Gasteiger partial charge in [-0.05, 0) is 24.1 Å². The molecule has 0 saturated carbocycles. The average Bonchev–Trinajstić information content (AvgIpc) is 2.02. The Bertz CT molecular complexity index is 284. The fourth-order valence-corrected chi connectivity index (χ4v) is 1.39. The van der Waals surface area contributed by atoms with Crippen molar-refractivity contribution in [3.8, 4) is 0 Å². The minimum absolute atomic E-state index is 0.628. The summed E-state index contributed by atoms with van der Waals surface area (Å²) in [4.78, 5) is 0. The molecule has 1 rings (SSSR count). The topological polar surface area (TPSA) is 38.0 Å². The molecule has 0 aliphatic rings. The van der Waals surface area contributed by atoms with E-state index >= 15 is 0 Å². The van der Waals surface area contributed by atoms with Gasteiger partial charge in [-0.15, -0.1) is 0 Å². The Balaban J connectivity index is 2.67. The highest BCUT2D eigenvalue weighted by Crippen LogP contribution is 2.22. The molecule has 1 aromatic rings. The SMILES string of the molecule is CC(C)CNc1ccc(Br)cc1N. The second-order valence-electron chi connectivity index (χ2n) is 3.51. The standard InChI is InChI=1S/C10H15BrN2/c1-7(2)6-13-10-4-3-8(11)5-9(10)12/h3-5,7,13H,6,12H2,1-2H3. The molecule has 0 fully saturated rings. The molecule has 0 unspecified atom stereocenters. The predicted molar refractivity (Wildman–Crippen MR) is 61.9 cm³/mol. The van der Waals surface area contributed by atoms with Crippen molar-refractivity contribution in [2.75, 3.05) is 17.6 Å². The summed E-state index contributed by atoms with van der Waals surface area (Å²) in [5, 5.41) is 3.29. The molecule has 3 N–H and O–H groups in total. The Morgan fingerprint density at radius 2 is 2.15 bits per heavy atom. The van der Waals surface area contributed by atoms with Crippen LogP contribution in [0.3, 0.4) is 0 Å². The first-order valence-electron chi connectivity index (χ1n) is 4.38. The van der Waals surface area contributed by atoms with E-state index in [1.807, 2.05) is 18.2 Å². The molecule has 0 radical (unpaired) electrons. The molecule has 0 saturated heterocycles. The van der Waals surface area contributed by atoms with Crippen molar-refractivity contribution in [3.63, 3.8) is 0 Å². The zero-order valence-electron chi connectivity index (χ0n) is 7.97. The minimum atomic E-state index is 0.628. The summed E-state index contributed by atoms with van der Waals surface area (Å²) < 4.78 is 1.01. The normalized spacial score (nSPS) is 10.5. The fraction of sp³-hybridized carbons (Fsp3) is 0.400. The maximum atomic E-state index is 5.82. The van der Waals surface area contributed by atoms with Crippen molar-refractivity contribution in [1.82, 2.24) is 0 Å². The number of hydrogen-bond acceptors (Lipinski definition) is 2. The Hall–Kier alpha value is -0.700. The highest BCUT2D eigenvalue weighted by atomic mass is 79.9. The number of halogens is 1. The summed E-state index contributed by atoms with van der Waals surface area (Å²) in [5.74, 6) is 0.628. The van der Waals surface area contributed by atoms with Crippen LogP contribution in [-0.4, -0.2) is 6.54 Å². The van der Waals surface area contributed by atoms with Crippen LogP contribution in [0.4, 0.5) is 11.4 Å². The summed E-state index contributed by atoms with van der Waals surface area (Å²) in [6.45, 7) is 5.29. The summed E-state index contributed by atoms with van der Waals surface area (Å²) in [7, 11) is 0. The first-order chi connectivity index (χ1) is 6.09. The maximum Gasteiger partial charge on any atom is 0.0574 e. The summed E-state index contributed by atoms with van der Waals surface area (Å²) in [5.41, 5.74) is 7.61.